The van der Waals surface area contributed by atoms with Gasteiger partial charge in [-0.1, -0.05) is 49.7 Å². The third-order valence-corrected chi connectivity index (χ3v) is 6.13. The van der Waals surface area contributed by atoms with Crippen LogP contribution < -0.4 is 10.3 Å². The second kappa shape index (κ2) is 6.06. The largest absolute Gasteiger partial charge is 0.308 e. The van der Waals surface area contributed by atoms with E-state index in [9.17, 15) is 0 Å². The van der Waals surface area contributed by atoms with Crippen LogP contribution in [-0.2, 0) is 0 Å². The number of nitrogens with two attached hydrogens (primary N) is 1. The molecule has 0 fully saturated rings. The fourth-order valence-corrected chi connectivity index (χ4v) is 4.74. The van der Waals surface area contributed by atoms with Crippen molar-refractivity contribution in [3.8, 4) is 5.69 Å². The summed E-state index contributed by atoms with van der Waals surface area (Å²) in [6.07, 6.45) is 8.32. The van der Waals surface area contributed by atoms with Crippen LogP contribution in [0.2, 0.25) is 0 Å². The van der Waals surface area contributed by atoms with Crippen LogP contribution in [0.15, 0.2) is 79.4 Å². The number of aromatic nitrogens is 3. The minimum atomic E-state index is 0.0246. The monoisotopic (exact) mass is 379 g/mol. The molecule has 6 rings (SSSR count). The van der Waals surface area contributed by atoms with E-state index in [1.807, 2.05) is 0 Å². The molecule has 0 amide bonds. The molecule has 3 aromatic carbocycles. The molecule has 2 N–H and O–H groups in total. The molecular formula is C25H23N4+. The van der Waals surface area contributed by atoms with Gasteiger partial charge in [-0.3, -0.25) is 5.73 Å². The highest BCUT2D eigenvalue weighted by atomic mass is 15.2. The minimum absolute atomic E-state index is 0.0246. The summed E-state index contributed by atoms with van der Waals surface area (Å²) in [7, 11) is 0. The van der Waals surface area contributed by atoms with Gasteiger partial charge in [0.15, 0.2) is 6.17 Å². The number of nitrogens with zero attached hydrogens (tertiary/aromatic N) is 3. The van der Waals surface area contributed by atoms with E-state index in [1.165, 1.54) is 38.1 Å². The Kier molecular flexibility index (Phi) is 3.46. The summed E-state index contributed by atoms with van der Waals surface area (Å²) in [5, 5.41) is 5.22. The summed E-state index contributed by atoms with van der Waals surface area (Å²) in [5.41, 5.74) is 11.3. The van der Waals surface area contributed by atoms with Crippen molar-refractivity contribution >= 4 is 38.1 Å². The maximum Gasteiger partial charge on any atom is 0.250 e. The predicted octanol–water partition coefficient (Wildman–Crippen LogP) is 5.17. The Labute approximate surface area is 168 Å². The van der Waals surface area contributed by atoms with Gasteiger partial charge < -0.3 is 4.40 Å². The van der Waals surface area contributed by atoms with E-state index in [4.69, 9.17) is 5.73 Å². The summed E-state index contributed by atoms with van der Waals surface area (Å²) in [5.74, 6) is 0. The first kappa shape index (κ1) is 16.6. The van der Waals surface area contributed by atoms with E-state index in [2.05, 4.69) is 99.8 Å². The summed E-state index contributed by atoms with van der Waals surface area (Å²) in [6.45, 7) is 2.16. The minimum Gasteiger partial charge on any atom is -0.308 e. The summed E-state index contributed by atoms with van der Waals surface area (Å²) < 4.78 is 6.66. The van der Waals surface area contributed by atoms with E-state index in [0.29, 0.717) is 0 Å². The van der Waals surface area contributed by atoms with Crippen LogP contribution in [-0.4, -0.2) is 8.97 Å². The van der Waals surface area contributed by atoms with Crippen molar-refractivity contribution in [3.63, 3.8) is 0 Å². The zero-order valence-electron chi connectivity index (χ0n) is 16.4. The number of hydrogen-bond donors (Lipinski definition) is 1. The highest BCUT2D eigenvalue weighted by molar-refractivity contribution is 6.23. The quantitative estimate of drug-likeness (QED) is 0.422. The van der Waals surface area contributed by atoms with E-state index in [0.717, 1.165) is 18.5 Å². The lowest BCUT2D eigenvalue weighted by Crippen LogP contribution is -2.42. The lowest BCUT2D eigenvalue weighted by Gasteiger charge is -2.05. The number of imidazole rings is 1. The first-order valence-corrected chi connectivity index (χ1v) is 10.3. The number of para-hydroxylation sites is 2. The van der Waals surface area contributed by atoms with E-state index in [1.54, 1.807) is 0 Å². The van der Waals surface area contributed by atoms with Gasteiger partial charge in [0.1, 0.15) is 18.1 Å². The molecule has 0 saturated carbocycles. The highest BCUT2D eigenvalue weighted by Gasteiger charge is 2.18. The van der Waals surface area contributed by atoms with Gasteiger partial charge in [0.05, 0.1) is 16.6 Å². The maximum absolute atomic E-state index is 6.28. The van der Waals surface area contributed by atoms with Crippen molar-refractivity contribution in [1.82, 2.24) is 8.97 Å². The van der Waals surface area contributed by atoms with Crippen molar-refractivity contribution in [2.75, 3.05) is 0 Å². The zero-order chi connectivity index (χ0) is 19.5. The van der Waals surface area contributed by atoms with Gasteiger partial charge in [-0.2, -0.15) is 0 Å². The third kappa shape index (κ3) is 2.26. The average molecular weight is 379 g/mol. The molecule has 29 heavy (non-hydrogen) atoms. The number of benzene rings is 3. The Balaban J connectivity index is 1.59. The normalized spacial score (nSPS) is 13.3. The molecule has 4 nitrogen and oxygen atoms in total. The molecule has 0 aliphatic heterocycles. The zero-order valence-corrected chi connectivity index (χ0v) is 16.4. The van der Waals surface area contributed by atoms with Crippen LogP contribution in [0.5, 0.6) is 0 Å². The van der Waals surface area contributed by atoms with Crippen molar-refractivity contribution < 1.29 is 4.57 Å². The lowest BCUT2D eigenvalue weighted by molar-refractivity contribution is -0.722. The van der Waals surface area contributed by atoms with Gasteiger partial charge in [-0.15, -0.1) is 0 Å². The van der Waals surface area contributed by atoms with E-state index in [-0.39, 0.29) is 6.17 Å². The van der Waals surface area contributed by atoms with Crippen LogP contribution in [0, 0.1) is 0 Å². The highest BCUT2D eigenvalue weighted by Crippen LogP contribution is 2.39. The lowest BCUT2D eigenvalue weighted by atomic mass is 10.1. The van der Waals surface area contributed by atoms with Gasteiger partial charge in [0, 0.05) is 28.0 Å². The van der Waals surface area contributed by atoms with E-state index >= 15 is 0 Å². The van der Waals surface area contributed by atoms with Gasteiger partial charge >= 0.3 is 0 Å². The topological polar surface area (TPSA) is 39.2 Å². The molecule has 3 heterocycles. The molecule has 0 bridgehead atoms. The molecule has 4 heteroatoms. The number of hydrogen-bond acceptors (Lipinski definition) is 1. The fraction of sp³-hybridized carbons (Fsp3) is 0.160. The Bertz CT molecular complexity index is 1490. The first-order valence-electron chi connectivity index (χ1n) is 10.3. The standard InChI is InChI=1S/C25H23N4/c1-2-6-24(26)28-14-13-27(16-28)17-11-12-23-21(15-17)20-9-5-8-19-18-7-3-4-10-22(18)29(23)25(19)20/h3-5,7-16,24H,2,6,26H2,1H3/q+1. The van der Waals surface area contributed by atoms with Gasteiger partial charge in [0.25, 0.3) is 0 Å². The molecule has 142 valence electrons. The third-order valence-electron chi connectivity index (χ3n) is 6.13. The molecule has 0 spiro atoms. The smallest absolute Gasteiger partial charge is 0.250 e. The maximum atomic E-state index is 6.28. The second-order valence-corrected chi connectivity index (χ2v) is 7.88. The van der Waals surface area contributed by atoms with Crippen molar-refractivity contribution in [3.05, 3.63) is 79.4 Å². The Hall–Kier alpha value is -3.37. The molecule has 0 aliphatic carbocycles. The SMILES string of the molecule is CCCC(N)[n+]1ccn(-c2ccc3c(c2)c2cccc4c5ccccc5n3c42)c1. The molecular weight excluding hydrogens is 356 g/mol. The molecule has 3 aromatic heterocycles. The predicted molar refractivity (Wildman–Crippen MR) is 119 cm³/mol. The van der Waals surface area contributed by atoms with Gasteiger partial charge in [0.2, 0.25) is 6.33 Å². The van der Waals surface area contributed by atoms with Crippen LogP contribution in [0.4, 0.5) is 0 Å². The van der Waals surface area contributed by atoms with Gasteiger partial charge in [-0.05, 0) is 24.3 Å². The molecule has 1 unspecified atom stereocenters. The Morgan fingerprint density at radius 2 is 1.66 bits per heavy atom. The Morgan fingerprint density at radius 1 is 0.897 bits per heavy atom. The average Bonchev–Trinajstić information content (AvgIpc) is 3.45. The second-order valence-electron chi connectivity index (χ2n) is 7.88. The number of rotatable bonds is 4. The van der Waals surface area contributed by atoms with Crippen LogP contribution in [0.3, 0.4) is 0 Å². The van der Waals surface area contributed by atoms with Crippen molar-refractivity contribution in [1.29, 1.82) is 0 Å². The summed E-state index contributed by atoms with van der Waals surface area (Å²) >= 11 is 0. The van der Waals surface area contributed by atoms with E-state index < -0.39 is 0 Å². The van der Waals surface area contributed by atoms with Crippen molar-refractivity contribution in [2.24, 2.45) is 5.73 Å². The first-order chi connectivity index (χ1) is 14.3. The molecule has 0 saturated heterocycles. The summed E-state index contributed by atoms with van der Waals surface area (Å²) in [4.78, 5) is 0. The number of fused-ring (bicyclic) bond motifs is 6. The fourth-order valence-electron chi connectivity index (χ4n) is 4.74. The van der Waals surface area contributed by atoms with Crippen LogP contribution in [0.1, 0.15) is 25.9 Å². The molecule has 0 radical (unpaired) electrons. The van der Waals surface area contributed by atoms with Gasteiger partial charge in [-0.25, -0.2) is 9.13 Å². The van der Waals surface area contributed by atoms with Crippen molar-refractivity contribution in [2.45, 2.75) is 25.9 Å². The molecule has 6 aromatic rings. The van der Waals surface area contributed by atoms with Crippen LogP contribution in [0.25, 0.3) is 43.8 Å². The molecule has 0 aliphatic rings. The van der Waals surface area contributed by atoms with Crippen LogP contribution >= 0.6 is 0 Å². The summed E-state index contributed by atoms with van der Waals surface area (Å²) in [6, 6.07) is 22.0. The Morgan fingerprint density at radius 3 is 2.52 bits per heavy atom. The molecule has 1 atom stereocenters.